The number of benzene rings is 1. The van der Waals surface area contributed by atoms with Crippen LogP contribution in [0.4, 0.5) is 0 Å². The van der Waals surface area contributed by atoms with Gasteiger partial charge in [-0.25, -0.2) is 0 Å². The Morgan fingerprint density at radius 1 is 1.26 bits per heavy atom. The second-order valence-electron chi connectivity index (χ2n) is 5.41. The van der Waals surface area contributed by atoms with E-state index in [0.29, 0.717) is 16.3 Å². The maximum Gasteiger partial charge on any atom is 0.169 e. The fourth-order valence-electron chi connectivity index (χ4n) is 2.98. The monoisotopic (exact) mass is 280 g/mol. The van der Waals surface area contributed by atoms with E-state index in [9.17, 15) is 4.79 Å². The summed E-state index contributed by atoms with van der Waals surface area (Å²) in [5.41, 5.74) is 2.47. The van der Waals surface area contributed by atoms with Gasteiger partial charge in [0, 0.05) is 10.9 Å². The molecular weight excluding hydrogens is 260 g/mol. The van der Waals surface area contributed by atoms with Crippen molar-refractivity contribution < 1.29 is 9.53 Å². The predicted molar refractivity (Wildman–Crippen MR) is 78.4 cm³/mol. The summed E-state index contributed by atoms with van der Waals surface area (Å²) >= 11 is 6.22. The zero-order chi connectivity index (χ0) is 14.0. The van der Waals surface area contributed by atoms with Crippen molar-refractivity contribution in [2.24, 2.45) is 5.92 Å². The zero-order valence-corrected chi connectivity index (χ0v) is 12.6. The molecule has 1 aromatic carbocycles. The molecule has 0 aromatic heterocycles. The topological polar surface area (TPSA) is 26.3 Å². The smallest absolute Gasteiger partial charge is 0.169 e. The Morgan fingerprint density at radius 3 is 2.47 bits per heavy atom. The Bertz CT molecular complexity index is 488. The molecular formula is C16H21ClO2. The largest absolute Gasteiger partial charge is 0.496 e. The second kappa shape index (κ2) is 5.96. The number of Topliss-reactive ketones (excluding diaryl/α,β-unsaturated/α-hetero) is 1. The Kier molecular flexibility index (Phi) is 4.51. The molecule has 1 fully saturated rings. The van der Waals surface area contributed by atoms with E-state index in [1.165, 1.54) is 6.42 Å². The third-order valence-electron chi connectivity index (χ3n) is 4.09. The van der Waals surface area contributed by atoms with Crippen LogP contribution in [0.3, 0.4) is 0 Å². The standard InChI is InChI=1S/C16H21ClO2/c1-10-9-13(17)11(2)14(16(10)19-3)15(18)12-7-5-4-6-8-12/h9,12H,4-8H2,1-3H3. The van der Waals surface area contributed by atoms with E-state index in [1.54, 1.807) is 7.11 Å². The Hall–Kier alpha value is -1.02. The summed E-state index contributed by atoms with van der Waals surface area (Å²) in [7, 11) is 1.62. The number of ketones is 1. The molecule has 2 nitrogen and oxygen atoms in total. The van der Waals surface area contributed by atoms with E-state index >= 15 is 0 Å². The van der Waals surface area contributed by atoms with Gasteiger partial charge in [0.1, 0.15) is 5.75 Å². The van der Waals surface area contributed by atoms with E-state index in [4.69, 9.17) is 16.3 Å². The molecule has 1 aliphatic rings. The zero-order valence-electron chi connectivity index (χ0n) is 11.9. The van der Waals surface area contributed by atoms with Crippen molar-refractivity contribution in [2.45, 2.75) is 46.0 Å². The Balaban J connectivity index is 2.44. The number of hydrogen-bond donors (Lipinski definition) is 0. The van der Waals surface area contributed by atoms with Gasteiger partial charge in [-0.2, -0.15) is 0 Å². The highest BCUT2D eigenvalue weighted by molar-refractivity contribution is 6.32. The third kappa shape index (κ3) is 2.79. The van der Waals surface area contributed by atoms with Crippen LogP contribution in [0.2, 0.25) is 5.02 Å². The van der Waals surface area contributed by atoms with Crippen LogP contribution >= 0.6 is 11.6 Å². The fraction of sp³-hybridized carbons (Fsp3) is 0.562. The second-order valence-corrected chi connectivity index (χ2v) is 5.81. The van der Waals surface area contributed by atoms with E-state index in [-0.39, 0.29) is 11.7 Å². The lowest BCUT2D eigenvalue weighted by Crippen LogP contribution is -2.20. The highest BCUT2D eigenvalue weighted by Gasteiger charge is 2.27. The molecule has 0 atom stereocenters. The Labute approximate surface area is 120 Å². The van der Waals surface area contributed by atoms with Gasteiger partial charge in [0.2, 0.25) is 0 Å². The van der Waals surface area contributed by atoms with Gasteiger partial charge in [-0.3, -0.25) is 4.79 Å². The van der Waals surface area contributed by atoms with Gasteiger partial charge >= 0.3 is 0 Å². The third-order valence-corrected chi connectivity index (χ3v) is 4.48. The van der Waals surface area contributed by atoms with Gasteiger partial charge in [0.15, 0.2) is 5.78 Å². The first-order chi connectivity index (χ1) is 9.06. The SMILES string of the molecule is COc1c(C)cc(Cl)c(C)c1C(=O)C1CCCCC1. The minimum Gasteiger partial charge on any atom is -0.496 e. The minimum absolute atomic E-state index is 0.138. The molecule has 104 valence electrons. The molecule has 0 N–H and O–H groups in total. The van der Waals surface area contributed by atoms with Crippen molar-refractivity contribution in [1.82, 2.24) is 0 Å². The molecule has 0 amide bonds. The first-order valence-electron chi connectivity index (χ1n) is 6.94. The van der Waals surface area contributed by atoms with E-state index in [2.05, 4.69) is 0 Å². The lowest BCUT2D eigenvalue weighted by atomic mass is 9.82. The van der Waals surface area contributed by atoms with Crippen molar-refractivity contribution in [3.63, 3.8) is 0 Å². The summed E-state index contributed by atoms with van der Waals surface area (Å²) in [6.07, 6.45) is 5.53. The number of halogens is 1. The molecule has 0 heterocycles. The van der Waals surface area contributed by atoms with Crippen LogP contribution in [0, 0.1) is 19.8 Å². The molecule has 0 unspecified atom stereocenters. The number of hydrogen-bond acceptors (Lipinski definition) is 2. The van der Waals surface area contributed by atoms with Gasteiger partial charge in [-0.15, -0.1) is 0 Å². The number of aryl methyl sites for hydroxylation is 1. The minimum atomic E-state index is 0.138. The molecule has 0 spiro atoms. The highest BCUT2D eigenvalue weighted by atomic mass is 35.5. The van der Waals surface area contributed by atoms with Crippen molar-refractivity contribution in [3.05, 3.63) is 27.8 Å². The van der Waals surface area contributed by atoms with Crippen LogP contribution in [0.1, 0.15) is 53.6 Å². The van der Waals surface area contributed by atoms with Crippen LogP contribution < -0.4 is 4.74 Å². The van der Waals surface area contributed by atoms with Crippen LogP contribution in [0.25, 0.3) is 0 Å². The highest BCUT2D eigenvalue weighted by Crippen LogP contribution is 2.36. The average Bonchev–Trinajstić information content (AvgIpc) is 2.42. The molecule has 1 aromatic rings. The fourth-order valence-corrected chi connectivity index (χ4v) is 3.24. The van der Waals surface area contributed by atoms with Crippen LogP contribution in [0.15, 0.2) is 6.07 Å². The van der Waals surface area contributed by atoms with Crippen molar-refractivity contribution in [2.75, 3.05) is 7.11 Å². The van der Waals surface area contributed by atoms with Gasteiger partial charge in [-0.05, 0) is 43.9 Å². The summed E-state index contributed by atoms with van der Waals surface area (Å²) in [4.78, 5) is 12.8. The van der Waals surface area contributed by atoms with Crippen molar-refractivity contribution >= 4 is 17.4 Å². The van der Waals surface area contributed by atoms with Gasteiger partial charge in [0.25, 0.3) is 0 Å². The number of carbonyl (C=O) groups excluding carboxylic acids is 1. The number of methoxy groups -OCH3 is 1. The first kappa shape index (κ1) is 14.4. The lowest BCUT2D eigenvalue weighted by molar-refractivity contribution is 0.0885. The molecule has 2 rings (SSSR count). The number of rotatable bonds is 3. The summed E-state index contributed by atoms with van der Waals surface area (Å²) in [5, 5.41) is 0.650. The van der Waals surface area contributed by atoms with Crippen LogP contribution in [-0.4, -0.2) is 12.9 Å². The van der Waals surface area contributed by atoms with Gasteiger partial charge in [0.05, 0.1) is 12.7 Å². The summed E-state index contributed by atoms with van der Waals surface area (Å²) in [5.74, 6) is 1.04. The van der Waals surface area contributed by atoms with E-state index in [0.717, 1.165) is 36.8 Å². The predicted octanol–water partition coefficient (Wildman–Crippen LogP) is 4.73. The first-order valence-corrected chi connectivity index (χ1v) is 7.32. The van der Waals surface area contributed by atoms with Crippen molar-refractivity contribution in [1.29, 1.82) is 0 Å². The van der Waals surface area contributed by atoms with E-state index < -0.39 is 0 Å². The van der Waals surface area contributed by atoms with Gasteiger partial charge in [-0.1, -0.05) is 30.9 Å². The molecule has 19 heavy (non-hydrogen) atoms. The van der Waals surface area contributed by atoms with E-state index in [1.807, 2.05) is 19.9 Å². The molecule has 1 aliphatic carbocycles. The van der Waals surface area contributed by atoms with Gasteiger partial charge < -0.3 is 4.74 Å². The summed E-state index contributed by atoms with van der Waals surface area (Å²) < 4.78 is 5.44. The van der Waals surface area contributed by atoms with Crippen LogP contribution in [-0.2, 0) is 0 Å². The van der Waals surface area contributed by atoms with Crippen molar-refractivity contribution in [3.8, 4) is 5.75 Å². The molecule has 1 saturated carbocycles. The quantitative estimate of drug-likeness (QED) is 0.748. The van der Waals surface area contributed by atoms with Crippen LogP contribution in [0.5, 0.6) is 5.75 Å². The molecule has 3 heteroatoms. The summed E-state index contributed by atoms with van der Waals surface area (Å²) in [6, 6.07) is 1.87. The maximum atomic E-state index is 12.8. The molecule has 0 bridgehead atoms. The average molecular weight is 281 g/mol. The number of carbonyl (C=O) groups is 1. The number of ether oxygens (including phenoxy) is 1. The normalized spacial score (nSPS) is 16.4. The molecule has 0 saturated heterocycles. The lowest BCUT2D eigenvalue weighted by Gasteiger charge is -2.23. The maximum absolute atomic E-state index is 12.8. The molecule has 0 radical (unpaired) electrons. The Morgan fingerprint density at radius 2 is 1.89 bits per heavy atom. The molecule has 0 aliphatic heterocycles. The summed E-state index contributed by atoms with van der Waals surface area (Å²) in [6.45, 7) is 3.84.